The van der Waals surface area contributed by atoms with Crippen LogP contribution in [0.3, 0.4) is 0 Å². The van der Waals surface area contributed by atoms with E-state index in [0.29, 0.717) is 5.69 Å². The lowest BCUT2D eigenvalue weighted by Crippen LogP contribution is -2.24. The molecule has 1 heterocycles. The molecule has 0 saturated carbocycles. The standard InChI is InChI=1S/C8H12N4/c1-3-12(10)8-4-7(9)5-11-6(8)2/h3-5H,1,9-10H2,2H3. The highest BCUT2D eigenvalue weighted by Crippen LogP contribution is 2.17. The van der Waals surface area contributed by atoms with E-state index in [1.54, 1.807) is 12.3 Å². The van der Waals surface area contributed by atoms with E-state index in [0.717, 1.165) is 11.4 Å². The van der Waals surface area contributed by atoms with E-state index in [4.69, 9.17) is 11.6 Å². The molecule has 4 N–H and O–H groups in total. The van der Waals surface area contributed by atoms with Gasteiger partial charge in [-0.2, -0.15) is 0 Å². The fourth-order valence-electron chi connectivity index (χ4n) is 0.897. The molecule has 0 bridgehead atoms. The van der Waals surface area contributed by atoms with Gasteiger partial charge in [0, 0.05) is 6.20 Å². The van der Waals surface area contributed by atoms with Gasteiger partial charge in [0.1, 0.15) is 0 Å². The van der Waals surface area contributed by atoms with E-state index in [-0.39, 0.29) is 0 Å². The van der Waals surface area contributed by atoms with Crippen molar-refractivity contribution >= 4 is 11.4 Å². The second-order valence-electron chi connectivity index (χ2n) is 2.46. The first-order chi connectivity index (χ1) is 5.65. The van der Waals surface area contributed by atoms with Crippen LogP contribution in [0.2, 0.25) is 0 Å². The number of anilines is 2. The molecule has 64 valence electrons. The molecule has 4 heteroatoms. The molecule has 0 saturated heterocycles. The number of hydrazine groups is 1. The summed E-state index contributed by atoms with van der Waals surface area (Å²) in [5, 5.41) is 1.39. The van der Waals surface area contributed by atoms with E-state index < -0.39 is 0 Å². The number of nitrogen functional groups attached to an aromatic ring is 1. The van der Waals surface area contributed by atoms with Gasteiger partial charge in [0.15, 0.2) is 0 Å². The monoisotopic (exact) mass is 164 g/mol. The number of rotatable bonds is 2. The lowest BCUT2D eigenvalue weighted by atomic mass is 10.3. The van der Waals surface area contributed by atoms with Gasteiger partial charge in [0.25, 0.3) is 0 Å². The molecule has 0 aliphatic carbocycles. The molecule has 0 atom stereocenters. The Bertz CT molecular complexity index is 295. The summed E-state index contributed by atoms with van der Waals surface area (Å²) in [6, 6.07) is 1.75. The van der Waals surface area contributed by atoms with Gasteiger partial charge in [-0.05, 0) is 13.0 Å². The van der Waals surface area contributed by atoms with Gasteiger partial charge in [-0.3, -0.25) is 9.99 Å². The highest BCUT2D eigenvalue weighted by atomic mass is 15.4. The Hall–Kier alpha value is -1.55. The molecule has 0 spiro atoms. The van der Waals surface area contributed by atoms with Crippen molar-refractivity contribution in [1.29, 1.82) is 0 Å². The molecule has 0 aliphatic rings. The average Bonchev–Trinajstić information content (AvgIpc) is 2.08. The van der Waals surface area contributed by atoms with Crippen molar-refractivity contribution in [3.63, 3.8) is 0 Å². The number of aryl methyl sites for hydroxylation is 1. The van der Waals surface area contributed by atoms with Gasteiger partial charge in [0.2, 0.25) is 0 Å². The zero-order valence-electron chi connectivity index (χ0n) is 6.99. The maximum Gasteiger partial charge on any atom is 0.0800 e. The van der Waals surface area contributed by atoms with Crippen LogP contribution in [0.5, 0.6) is 0 Å². The fourth-order valence-corrected chi connectivity index (χ4v) is 0.897. The van der Waals surface area contributed by atoms with Crippen LogP contribution in [0.1, 0.15) is 5.69 Å². The minimum atomic E-state index is 0.591. The maximum atomic E-state index is 5.58. The van der Waals surface area contributed by atoms with Crippen molar-refractivity contribution in [3.8, 4) is 0 Å². The Morgan fingerprint density at radius 3 is 2.92 bits per heavy atom. The van der Waals surface area contributed by atoms with Crippen molar-refractivity contribution in [3.05, 3.63) is 30.7 Å². The molecule has 0 aromatic carbocycles. The van der Waals surface area contributed by atoms with Gasteiger partial charge in [0.05, 0.1) is 23.3 Å². The molecule has 0 unspecified atom stereocenters. The molecule has 0 amide bonds. The highest BCUT2D eigenvalue weighted by molar-refractivity contribution is 5.57. The first-order valence-electron chi connectivity index (χ1n) is 3.53. The van der Waals surface area contributed by atoms with Crippen molar-refractivity contribution < 1.29 is 0 Å². The molecule has 1 rings (SSSR count). The van der Waals surface area contributed by atoms with Crippen molar-refractivity contribution in [1.82, 2.24) is 4.98 Å². The molecule has 0 fully saturated rings. The third-order valence-corrected chi connectivity index (χ3v) is 1.56. The normalized spacial score (nSPS) is 9.50. The SMILES string of the molecule is C=CN(N)c1cc(N)cnc1C. The van der Waals surface area contributed by atoms with Crippen LogP contribution in [0.25, 0.3) is 0 Å². The van der Waals surface area contributed by atoms with Crippen LogP contribution in [0.15, 0.2) is 25.0 Å². The summed E-state index contributed by atoms with van der Waals surface area (Å²) in [6.07, 6.45) is 3.10. The molecular weight excluding hydrogens is 152 g/mol. The Morgan fingerprint density at radius 1 is 1.67 bits per heavy atom. The molecule has 1 aromatic heterocycles. The lowest BCUT2D eigenvalue weighted by Gasteiger charge is -2.14. The number of hydrogen-bond acceptors (Lipinski definition) is 4. The van der Waals surface area contributed by atoms with Crippen LogP contribution in [-0.4, -0.2) is 4.98 Å². The van der Waals surface area contributed by atoms with Gasteiger partial charge >= 0.3 is 0 Å². The van der Waals surface area contributed by atoms with Crippen molar-refractivity contribution in [2.75, 3.05) is 10.7 Å². The van der Waals surface area contributed by atoms with Crippen LogP contribution < -0.4 is 16.6 Å². The summed E-state index contributed by atoms with van der Waals surface area (Å²) in [4.78, 5) is 4.05. The van der Waals surface area contributed by atoms with E-state index in [9.17, 15) is 0 Å². The Kier molecular flexibility index (Phi) is 2.30. The van der Waals surface area contributed by atoms with Gasteiger partial charge in [-0.1, -0.05) is 6.58 Å². The lowest BCUT2D eigenvalue weighted by molar-refractivity contribution is 1.04. The third kappa shape index (κ3) is 1.54. The molecule has 1 aromatic rings. The van der Waals surface area contributed by atoms with Crippen LogP contribution in [0, 0.1) is 6.92 Å². The van der Waals surface area contributed by atoms with Crippen LogP contribution >= 0.6 is 0 Å². The Balaban J connectivity index is 3.12. The molecule has 0 radical (unpaired) electrons. The first-order valence-corrected chi connectivity index (χ1v) is 3.53. The van der Waals surface area contributed by atoms with Gasteiger partial charge < -0.3 is 5.73 Å². The number of nitrogens with two attached hydrogens (primary N) is 2. The number of aromatic nitrogens is 1. The number of pyridine rings is 1. The molecule has 12 heavy (non-hydrogen) atoms. The van der Waals surface area contributed by atoms with E-state index in [2.05, 4.69) is 11.6 Å². The summed E-state index contributed by atoms with van der Waals surface area (Å²) in [5.41, 5.74) is 7.73. The minimum absolute atomic E-state index is 0.591. The Morgan fingerprint density at radius 2 is 2.33 bits per heavy atom. The molecule has 0 aliphatic heterocycles. The van der Waals surface area contributed by atoms with Crippen molar-refractivity contribution in [2.45, 2.75) is 6.92 Å². The Labute approximate surface area is 71.5 Å². The highest BCUT2D eigenvalue weighted by Gasteiger charge is 2.02. The van der Waals surface area contributed by atoms with Crippen molar-refractivity contribution in [2.24, 2.45) is 5.84 Å². The number of hydrogen-bond donors (Lipinski definition) is 2. The number of nitrogens with zero attached hydrogens (tertiary/aromatic N) is 2. The van der Waals surface area contributed by atoms with E-state index >= 15 is 0 Å². The first kappa shape index (κ1) is 8.55. The molecule has 4 nitrogen and oxygen atoms in total. The second-order valence-corrected chi connectivity index (χ2v) is 2.46. The largest absolute Gasteiger partial charge is 0.397 e. The summed E-state index contributed by atoms with van der Waals surface area (Å²) >= 11 is 0. The van der Waals surface area contributed by atoms with Crippen LogP contribution in [0.4, 0.5) is 11.4 Å². The summed E-state index contributed by atoms with van der Waals surface area (Å²) in [7, 11) is 0. The maximum absolute atomic E-state index is 5.58. The zero-order valence-corrected chi connectivity index (χ0v) is 6.99. The predicted octanol–water partition coefficient (Wildman–Crippen LogP) is 0.796. The van der Waals surface area contributed by atoms with Gasteiger partial charge in [-0.15, -0.1) is 0 Å². The smallest absolute Gasteiger partial charge is 0.0800 e. The zero-order chi connectivity index (χ0) is 9.14. The van der Waals surface area contributed by atoms with E-state index in [1.165, 1.54) is 11.2 Å². The summed E-state index contributed by atoms with van der Waals surface area (Å²) in [6.45, 7) is 5.40. The average molecular weight is 164 g/mol. The second kappa shape index (κ2) is 3.23. The van der Waals surface area contributed by atoms with Gasteiger partial charge in [-0.25, -0.2) is 5.84 Å². The molecular formula is C8H12N4. The predicted molar refractivity (Wildman–Crippen MR) is 50.2 cm³/mol. The quantitative estimate of drug-likeness (QED) is 0.501. The summed E-state index contributed by atoms with van der Waals surface area (Å²) < 4.78 is 0. The van der Waals surface area contributed by atoms with Crippen LogP contribution in [-0.2, 0) is 0 Å². The summed E-state index contributed by atoms with van der Waals surface area (Å²) in [5.74, 6) is 5.58. The third-order valence-electron chi connectivity index (χ3n) is 1.56. The fraction of sp³-hybridized carbons (Fsp3) is 0.125. The topological polar surface area (TPSA) is 68.2 Å². The van der Waals surface area contributed by atoms with E-state index in [1.807, 2.05) is 6.92 Å². The minimum Gasteiger partial charge on any atom is -0.397 e.